The van der Waals surface area contributed by atoms with Gasteiger partial charge in [-0.05, 0) is 42.5 Å². The van der Waals surface area contributed by atoms with Gasteiger partial charge in [0.05, 0.1) is 5.92 Å². The third-order valence-electron chi connectivity index (χ3n) is 5.71. The number of unbranched alkanes of at least 4 members (excludes halogenated alkanes) is 7. The van der Waals surface area contributed by atoms with Gasteiger partial charge in [0, 0.05) is 0 Å². The molecule has 0 saturated carbocycles. The minimum atomic E-state index is -0.652. The Bertz CT molecular complexity index is 694. The van der Waals surface area contributed by atoms with Crippen molar-refractivity contribution in [2.45, 2.75) is 84.2 Å². The van der Waals surface area contributed by atoms with Crippen LogP contribution in [0, 0.1) is 5.92 Å². The number of carboxylic acid groups (broad SMARTS) is 1. The van der Waals surface area contributed by atoms with Crippen molar-refractivity contribution in [1.82, 2.24) is 0 Å². The van der Waals surface area contributed by atoms with Crippen LogP contribution in [0.15, 0.2) is 54.6 Å². The van der Waals surface area contributed by atoms with Crippen molar-refractivity contribution in [1.29, 1.82) is 0 Å². The maximum Gasteiger partial charge on any atom is 0.306 e. The Labute approximate surface area is 182 Å². The van der Waals surface area contributed by atoms with E-state index in [-0.39, 0.29) is 5.92 Å². The molecule has 1 N–H and O–H groups in total. The molecule has 164 valence electrons. The van der Waals surface area contributed by atoms with Crippen molar-refractivity contribution in [2.75, 3.05) is 0 Å². The van der Waals surface area contributed by atoms with Crippen LogP contribution < -0.4 is 4.74 Å². The Kier molecular flexibility index (Phi) is 11.7. The highest BCUT2D eigenvalue weighted by molar-refractivity contribution is 5.69. The maximum absolute atomic E-state index is 11.6. The fourth-order valence-electron chi connectivity index (χ4n) is 3.75. The Balaban J connectivity index is 1.65. The molecular formula is C27H38O3. The van der Waals surface area contributed by atoms with Gasteiger partial charge in [0.15, 0.2) is 0 Å². The van der Waals surface area contributed by atoms with Crippen LogP contribution in [-0.4, -0.2) is 11.1 Å². The van der Waals surface area contributed by atoms with E-state index >= 15 is 0 Å². The first-order valence-electron chi connectivity index (χ1n) is 11.7. The van der Waals surface area contributed by atoms with Gasteiger partial charge in [-0.25, -0.2) is 0 Å². The van der Waals surface area contributed by atoms with Crippen LogP contribution in [0.25, 0.3) is 0 Å². The summed E-state index contributed by atoms with van der Waals surface area (Å²) in [5.74, 6) is -0.0452. The number of benzene rings is 2. The van der Waals surface area contributed by atoms with Crippen LogP contribution in [0.1, 0.15) is 82.3 Å². The Morgan fingerprint density at radius 3 is 2.07 bits per heavy atom. The first kappa shape index (κ1) is 24.0. The van der Waals surface area contributed by atoms with Crippen molar-refractivity contribution in [3.05, 3.63) is 65.7 Å². The van der Waals surface area contributed by atoms with E-state index in [2.05, 4.69) is 19.1 Å². The first-order chi connectivity index (χ1) is 14.7. The minimum absolute atomic E-state index is 0.237. The number of hydrogen-bond acceptors (Lipinski definition) is 2. The molecule has 1 atom stereocenters. The zero-order chi connectivity index (χ0) is 21.4. The third-order valence-corrected chi connectivity index (χ3v) is 5.71. The molecule has 0 aliphatic rings. The SMILES string of the molecule is CCCCCCCCCCC(CCc1ccc(OCc2ccccc2)cc1)C(=O)O. The molecule has 0 aromatic heterocycles. The van der Waals surface area contributed by atoms with Crippen molar-refractivity contribution in [3.8, 4) is 5.75 Å². The number of rotatable bonds is 16. The predicted molar refractivity (Wildman–Crippen MR) is 124 cm³/mol. The summed E-state index contributed by atoms with van der Waals surface area (Å²) >= 11 is 0. The molecule has 30 heavy (non-hydrogen) atoms. The molecule has 1 unspecified atom stereocenters. The molecule has 0 heterocycles. The second kappa shape index (κ2) is 14.7. The molecule has 0 saturated heterocycles. The molecule has 2 aromatic rings. The molecule has 0 aliphatic carbocycles. The van der Waals surface area contributed by atoms with E-state index in [1.807, 2.05) is 42.5 Å². The van der Waals surface area contributed by atoms with Gasteiger partial charge >= 0.3 is 5.97 Å². The molecule has 2 rings (SSSR count). The lowest BCUT2D eigenvalue weighted by molar-refractivity contribution is -0.142. The number of carboxylic acids is 1. The van der Waals surface area contributed by atoms with Crippen LogP contribution in [-0.2, 0) is 17.8 Å². The lowest BCUT2D eigenvalue weighted by Gasteiger charge is -2.13. The van der Waals surface area contributed by atoms with Crippen molar-refractivity contribution < 1.29 is 14.6 Å². The lowest BCUT2D eigenvalue weighted by atomic mass is 9.93. The summed E-state index contributed by atoms with van der Waals surface area (Å²) in [7, 11) is 0. The zero-order valence-corrected chi connectivity index (χ0v) is 18.5. The molecule has 2 aromatic carbocycles. The number of aryl methyl sites for hydroxylation is 1. The number of ether oxygens (including phenoxy) is 1. The Morgan fingerprint density at radius 1 is 0.800 bits per heavy atom. The van der Waals surface area contributed by atoms with Gasteiger partial charge < -0.3 is 9.84 Å². The van der Waals surface area contributed by atoms with Crippen LogP contribution in [0.3, 0.4) is 0 Å². The predicted octanol–water partition coefficient (Wildman–Crippen LogP) is 7.43. The molecule has 0 radical (unpaired) electrons. The number of carbonyl (C=O) groups is 1. The molecule has 0 amide bonds. The average Bonchev–Trinajstić information content (AvgIpc) is 2.77. The third kappa shape index (κ3) is 9.96. The lowest BCUT2D eigenvalue weighted by Crippen LogP contribution is -2.14. The van der Waals surface area contributed by atoms with Gasteiger partial charge in [-0.15, -0.1) is 0 Å². The summed E-state index contributed by atoms with van der Waals surface area (Å²) in [5, 5.41) is 9.55. The smallest absolute Gasteiger partial charge is 0.306 e. The summed E-state index contributed by atoms with van der Waals surface area (Å²) < 4.78 is 5.82. The standard InChI is InChI=1S/C27H38O3/c1-2-3-4-5-6-7-8-12-15-25(27(28)29)19-16-23-17-20-26(21-18-23)30-22-24-13-10-9-11-14-24/h9-11,13-14,17-18,20-21,25H,2-8,12,15-16,19,22H2,1H3,(H,28,29). The van der Waals surface area contributed by atoms with E-state index < -0.39 is 5.97 Å². The second-order valence-corrected chi connectivity index (χ2v) is 8.26. The molecule has 3 heteroatoms. The van der Waals surface area contributed by atoms with Crippen molar-refractivity contribution in [2.24, 2.45) is 5.92 Å². The van der Waals surface area contributed by atoms with Gasteiger partial charge in [0.25, 0.3) is 0 Å². The molecule has 3 nitrogen and oxygen atoms in total. The fourth-order valence-corrected chi connectivity index (χ4v) is 3.75. The fraction of sp³-hybridized carbons (Fsp3) is 0.519. The molecule has 0 fully saturated rings. The summed E-state index contributed by atoms with van der Waals surface area (Å²) in [5.41, 5.74) is 2.32. The van der Waals surface area contributed by atoms with E-state index in [4.69, 9.17) is 4.74 Å². The van der Waals surface area contributed by atoms with Crippen LogP contribution in [0.2, 0.25) is 0 Å². The summed E-state index contributed by atoms with van der Waals surface area (Å²) in [6.07, 6.45) is 12.3. The average molecular weight is 411 g/mol. The topological polar surface area (TPSA) is 46.5 Å². The molecular weight excluding hydrogens is 372 g/mol. The molecule has 0 spiro atoms. The summed E-state index contributed by atoms with van der Waals surface area (Å²) in [6.45, 7) is 2.79. The van der Waals surface area contributed by atoms with E-state index in [0.29, 0.717) is 13.0 Å². The van der Waals surface area contributed by atoms with Crippen molar-refractivity contribution in [3.63, 3.8) is 0 Å². The van der Waals surface area contributed by atoms with E-state index in [1.165, 1.54) is 44.1 Å². The zero-order valence-electron chi connectivity index (χ0n) is 18.5. The molecule has 0 aliphatic heterocycles. The largest absolute Gasteiger partial charge is 0.489 e. The number of hydrogen-bond donors (Lipinski definition) is 1. The normalized spacial score (nSPS) is 11.9. The van der Waals surface area contributed by atoms with Crippen LogP contribution >= 0.6 is 0 Å². The minimum Gasteiger partial charge on any atom is -0.489 e. The van der Waals surface area contributed by atoms with Gasteiger partial charge in [0.2, 0.25) is 0 Å². The van der Waals surface area contributed by atoms with Crippen LogP contribution in [0.5, 0.6) is 5.75 Å². The monoisotopic (exact) mass is 410 g/mol. The van der Waals surface area contributed by atoms with E-state index in [1.54, 1.807) is 0 Å². The van der Waals surface area contributed by atoms with Gasteiger partial charge in [-0.2, -0.15) is 0 Å². The Hall–Kier alpha value is -2.29. The summed E-state index contributed by atoms with van der Waals surface area (Å²) in [6, 6.07) is 18.2. The van der Waals surface area contributed by atoms with Gasteiger partial charge in [-0.3, -0.25) is 4.79 Å². The maximum atomic E-state index is 11.6. The number of aliphatic carboxylic acids is 1. The van der Waals surface area contributed by atoms with E-state index in [0.717, 1.165) is 37.0 Å². The first-order valence-corrected chi connectivity index (χ1v) is 11.7. The Morgan fingerprint density at radius 2 is 1.43 bits per heavy atom. The second-order valence-electron chi connectivity index (χ2n) is 8.26. The van der Waals surface area contributed by atoms with Crippen molar-refractivity contribution >= 4 is 5.97 Å². The van der Waals surface area contributed by atoms with E-state index in [9.17, 15) is 9.90 Å². The highest BCUT2D eigenvalue weighted by Gasteiger charge is 2.16. The van der Waals surface area contributed by atoms with Gasteiger partial charge in [0.1, 0.15) is 12.4 Å². The van der Waals surface area contributed by atoms with Gasteiger partial charge in [-0.1, -0.05) is 101 Å². The highest BCUT2D eigenvalue weighted by atomic mass is 16.5. The van der Waals surface area contributed by atoms with Crippen LogP contribution in [0.4, 0.5) is 0 Å². The highest BCUT2D eigenvalue weighted by Crippen LogP contribution is 2.20. The molecule has 0 bridgehead atoms. The summed E-state index contributed by atoms with van der Waals surface area (Å²) in [4.78, 5) is 11.6. The quantitative estimate of drug-likeness (QED) is 0.293.